The van der Waals surface area contributed by atoms with Crippen molar-refractivity contribution in [3.05, 3.63) is 76.6 Å². The molecule has 7 nitrogen and oxygen atoms in total. The molecule has 0 saturated carbocycles. The summed E-state index contributed by atoms with van der Waals surface area (Å²) in [6, 6.07) is 13.3. The molecule has 2 atom stereocenters. The Hall–Kier alpha value is -3.61. The Balaban J connectivity index is 1.49. The van der Waals surface area contributed by atoms with Crippen LogP contribution in [0.1, 0.15) is 29.2 Å². The third kappa shape index (κ3) is 2.99. The number of hydrogen-bond donors (Lipinski definition) is 0. The number of amides is 3. The fourth-order valence-corrected chi connectivity index (χ4v) is 4.85. The molecule has 0 aliphatic carbocycles. The van der Waals surface area contributed by atoms with Gasteiger partial charge in [-0.15, -0.1) is 0 Å². The van der Waals surface area contributed by atoms with E-state index in [0.717, 1.165) is 28.1 Å². The van der Waals surface area contributed by atoms with Gasteiger partial charge in [0.05, 0.1) is 12.2 Å². The Labute approximate surface area is 188 Å². The topological polar surface area (TPSA) is 59.5 Å². The van der Waals surface area contributed by atoms with Gasteiger partial charge < -0.3 is 9.80 Å². The molecule has 3 heterocycles. The van der Waals surface area contributed by atoms with Crippen LogP contribution in [0.3, 0.4) is 0 Å². The molecule has 0 radical (unpaired) electrons. The van der Waals surface area contributed by atoms with Gasteiger partial charge in [0, 0.05) is 18.9 Å². The zero-order valence-electron chi connectivity index (χ0n) is 19.0. The number of allylic oxidation sites excluding steroid dienone is 1. The molecule has 1 fully saturated rings. The summed E-state index contributed by atoms with van der Waals surface area (Å²) in [5, 5.41) is 0. The van der Waals surface area contributed by atoms with Crippen molar-refractivity contribution in [1.82, 2.24) is 14.7 Å². The van der Waals surface area contributed by atoms with E-state index in [2.05, 4.69) is 36.9 Å². The molecule has 3 amide bonds. The van der Waals surface area contributed by atoms with E-state index in [0.29, 0.717) is 5.96 Å². The number of imide groups is 1. The van der Waals surface area contributed by atoms with Crippen molar-refractivity contribution in [3.63, 3.8) is 0 Å². The second-order valence-corrected chi connectivity index (χ2v) is 8.90. The lowest BCUT2D eigenvalue weighted by atomic mass is 10.1. The number of nitrogens with zero attached hydrogens (tertiary/aromatic N) is 5. The van der Waals surface area contributed by atoms with E-state index in [4.69, 9.17) is 4.99 Å². The largest absolute Gasteiger partial charge is 0.328 e. The Morgan fingerprint density at radius 1 is 0.969 bits per heavy atom. The van der Waals surface area contributed by atoms with Crippen molar-refractivity contribution < 1.29 is 9.59 Å². The first-order valence-corrected chi connectivity index (χ1v) is 10.8. The van der Waals surface area contributed by atoms with Crippen LogP contribution in [-0.2, 0) is 11.3 Å². The summed E-state index contributed by atoms with van der Waals surface area (Å²) in [6.07, 6.45) is 1.42. The second-order valence-electron chi connectivity index (χ2n) is 8.90. The highest BCUT2D eigenvalue weighted by Crippen LogP contribution is 2.38. The molecule has 0 N–H and O–H groups in total. The summed E-state index contributed by atoms with van der Waals surface area (Å²) < 4.78 is 0. The number of urea groups is 1. The SMILES string of the molecule is CC1=CN2C(=NC3C2C(=O)N(Cc2cccc(C)c2)C(=O)N3C)N1c1ccc(C)cc1C. The maximum absolute atomic E-state index is 13.6. The summed E-state index contributed by atoms with van der Waals surface area (Å²) in [5.41, 5.74) is 6.38. The average molecular weight is 430 g/mol. The predicted molar refractivity (Wildman–Crippen MR) is 124 cm³/mol. The number of hydrogen-bond acceptors (Lipinski definition) is 5. The van der Waals surface area contributed by atoms with Gasteiger partial charge in [-0.05, 0) is 44.9 Å². The molecule has 32 heavy (non-hydrogen) atoms. The molecule has 2 aromatic rings. The number of fused-ring (bicyclic) bond motifs is 3. The maximum atomic E-state index is 13.6. The zero-order chi connectivity index (χ0) is 22.7. The highest BCUT2D eigenvalue weighted by atomic mass is 16.2. The minimum Gasteiger partial charge on any atom is -0.302 e. The third-order valence-corrected chi connectivity index (χ3v) is 6.40. The number of rotatable bonds is 3. The highest BCUT2D eigenvalue weighted by molar-refractivity contribution is 6.10. The fourth-order valence-electron chi connectivity index (χ4n) is 4.85. The molecule has 5 rings (SSSR count). The van der Waals surface area contributed by atoms with Crippen molar-refractivity contribution in [3.8, 4) is 0 Å². The van der Waals surface area contributed by atoms with Gasteiger partial charge in [0.15, 0.2) is 12.2 Å². The van der Waals surface area contributed by atoms with E-state index in [1.54, 1.807) is 11.9 Å². The van der Waals surface area contributed by atoms with Gasteiger partial charge in [-0.2, -0.15) is 0 Å². The Kier molecular flexibility index (Phi) is 4.58. The van der Waals surface area contributed by atoms with Gasteiger partial charge >= 0.3 is 6.03 Å². The number of benzene rings is 2. The van der Waals surface area contributed by atoms with Crippen LogP contribution in [0.25, 0.3) is 0 Å². The van der Waals surface area contributed by atoms with Crippen molar-refractivity contribution >= 4 is 23.6 Å². The van der Waals surface area contributed by atoms with Crippen LogP contribution in [0.4, 0.5) is 10.5 Å². The van der Waals surface area contributed by atoms with Crippen LogP contribution >= 0.6 is 0 Å². The highest BCUT2D eigenvalue weighted by Gasteiger charge is 2.54. The van der Waals surface area contributed by atoms with Crippen molar-refractivity contribution in [2.45, 2.75) is 46.4 Å². The van der Waals surface area contributed by atoms with Gasteiger partial charge in [0.1, 0.15) is 0 Å². The number of aryl methyl sites for hydroxylation is 3. The van der Waals surface area contributed by atoms with Crippen LogP contribution in [0.15, 0.2) is 59.4 Å². The van der Waals surface area contributed by atoms with Gasteiger partial charge in [0.25, 0.3) is 5.91 Å². The molecule has 1 saturated heterocycles. The Morgan fingerprint density at radius 3 is 2.44 bits per heavy atom. The van der Waals surface area contributed by atoms with Crippen LogP contribution in [0, 0.1) is 20.8 Å². The maximum Gasteiger partial charge on any atom is 0.328 e. The molecular formula is C25H27N5O2. The number of carbonyl (C=O) groups excluding carboxylic acids is 2. The normalized spacial score (nSPS) is 22.3. The summed E-state index contributed by atoms with van der Waals surface area (Å²) in [6.45, 7) is 8.41. The van der Waals surface area contributed by atoms with Crippen LogP contribution < -0.4 is 4.90 Å². The number of anilines is 1. The first-order chi connectivity index (χ1) is 15.3. The van der Waals surface area contributed by atoms with Gasteiger partial charge in [-0.3, -0.25) is 14.6 Å². The zero-order valence-corrected chi connectivity index (χ0v) is 19.0. The molecule has 0 spiro atoms. The lowest BCUT2D eigenvalue weighted by molar-refractivity contribution is -0.137. The molecule has 2 aromatic carbocycles. The summed E-state index contributed by atoms with van der Waals surface area (Å²) in [5.74, 6) is 0.472. The van der Waals surface area contributed by atoms with Crippen LogP contribution in [0.5, 0.6) is 0 Å². The monoisotopic (exact) mass is 429 g/mol. The molecule has 0 bridgehead atoms. The smallest absolute Gasteiger partial charge is 0.302 e. The molecule has 0 aromatic heterocycles. The fraction of sp³-hybridized carbons (Fsp3) is 0.320. The average Bonchev–Trinajstić information content (AvgIpc) is 3.25. The number of likely N-dealkylation sites (N-methyl/N-ethyl adjacent to an activating group) is 1. The molecule has 7 heteroatoms. The van der Waals surface area contributed by atoms with Crippen molar-refractivity contribution in [2.24, 2.45) is 4.99 Å². The summed E-state index contributed by atoms with van der Waals surface area (Å²) >= 11 is 0. The van der Waals surface area contributed by atoms with E-state index in [-0.39, 0.29) is 18.5 Å². The minimum atomic E-state index is -0.566. The van der Waals surface area contributed by atoms with Crippen molar-refractivity contribution in [2.75, 3.05) is 11.9 Å². The van der Waals surface area contributed by atoms with Crippen LogP contribution in [-0.4, -0.2) is 51.9 Å². The Morgan fingerprint density at radius 2 is 1.72 bits per heavy atom. The molecule has 3 aliphatic rings. The van der Waals surface area contributed by atoms with E-state index in [1.165, 1.54) is 10.5 Å². The number of aliphatic imine (C=N–C) groups is 1. The second kappa shape index (κ2) is 7.22. The number of guanidine groups is 1. The first kappa shape index (κ1) is 20.3. The third-order valence-electron chi connectivity index (χ3n) is 6.40. The molecular weight excluding hydrogens is 402 g/mol. The first-order valence-electron chi connectivity index (χ1n) is 10.8. The standard InChI is InChI=1S/C25H27N5O2/c1-15-7-6-8-19(12-15)14-29-23(31)21-22(27(5)25(29)32)26-24-28(21)13-18(4)30(24)20-10-9-16(2)11-17(20)3/h6-13,21-22H,14H2,1-5H3. The summed E-state index contributed by atoms with van der Waals surface area (Å²) in [7, 11) is 1.72. The quantitative estimate of drug-likeness (QED) is 0.746. The molecule has 3 aliphatic heterocycles. The molecule has 2 unspecified atom stereocenters. The lowest BCUT2D eigenvalue weighted by Gasteiger charge is -2.40. The van der Waals surface area contributed by atoms with Crippen LogP contribution in [0.2, 0.25) is 0 Å². The van der Waals surface area contributed by atoms with E-state index in [1.807, 2.05) is 49.2 Å². The lowest BCUT2D eigenvalue weighted by Crippen LogP contribution is -2.63. The van der Waals surface area contributed by atoms with E-state index < -0.39 is 12.2 Å². The van der Waals surface area contributed by atoms with E-state index >= 15 is 0 Å². The van der Waals surface area contributed by atoms with Gasteiger partial charge in [-0.25, -0.2) is 9.79 Å². The molecule has 164 valence electrons. The van der Waals surface area contributed by atoms with Crippen molar-refractivity contribution in [1.29, 1.82) is 0 Å². The number of carbonyl (C=O) groups is 2. The van der Waals surface area contributed by atoms with Gasteiger partial charge in [0.2, 0.25) is 5.96 Å². The van der Waals surface area contributed by atoms with Gasteiger partial charge in [-0.1, -0.05) is 47.5 Å². The minimum absolute atomic E-state index is 0.218. The Bertz CT molecular complexity index is 1200. The van der Waals surface area contributed by atoms with E-state index in [9.17, 15) is 9.59 Å². The summed E-state index contributed by atoms with van der Waals surface area (Å²) in [4.78, 5) is 38.5. The predicted octanol–water partition coefficient (Wildman–Crippen LogP) is 3.75.